The lowest BCUT2D eigenvalue weighted by Gasteiger charge is -2.14. The zero-order valence-corrected chi connectivity index (χ0v) is 13.2. The highest BCUT2D eigenvalue weighted by molar-refractivity contribution is 7.91. The molecule has 2 heterocycles. The second-order valence-corrected chi connectivity index (χ2v) is 7.39. The van der Waals surface area contributed by atoms with Gasteiger partial charge in [0.05, 0.1) is 11.5 Å². The summed E-state index contributed by atoms with van der Waals surface area (Å²) in [6.07, 6.45) is 1.61. The third kappa shape index (κ3) is 4.82. The molecule has 8 heteroatoms. The molecule has 1 aromatic heterocycles. The summed E-state index contributed by atoms with van der Waals surface area (Å²) in [6.45, 7) is 3.22. The van der Waals surface area contributed by atoms with Gasteiger partial charge in [-0.05, 0) is 12.8 Å². The average Bonchev–Trinajstić information content (AvgIpc) is 2.76. The minimum Gasteiger partial charge on any atom is -0.377 e. The van der Waals surface area contributed by atoms with Crippen LogP contribution in [0.3, 0.4) is 0 Å². The predicted octanol–water partition coefficient (Wildman–Crippen LogP) is 1.04. The van der Waals surface area contributed by atoms with Crippen LogP contribution >= 0.6 is 0 Å². The van der Waals surface area contributed by atoms with Gasteiger partial charge in [0, 0.05) is 25.8 Å². The van der Waals surface area contributed by atoms with E-state index in [-0.39, 0.29) is 17.5 Å². The molecule has 0 bridgehead atoms. The van der Waals surface area contributed by atoms with Crippen molar-refractivity contribution in [1.82, 2.24) is 9.97 Å². The SMILES string of the molecule is CCCNc1cc(NC2CCS(=O)(=O)C2)nc(COC)n1. The van der Waals surface area contributed by atoms with E-state index < -0.39 is 9.84 Å². The third-order valence-electron chi connectivity index (χ3n) is 3.19. The Morgan fingerprint density at radius 2 is 2.14 bits per heavy atom. The van der Waals surface area contributed by atoms with Crippen molar-refractivity contribution in [1.29, 1.82) is 0 Å². The van der Waals surface area contributed by atoms with Gasteiger partial charge in [-0.3, -0.25) is 0 Å². The van der Waals surface area contributed by atoms with E-state index in [2.05, 4.69) is 27.5 Å². The van der Waals surface area contributed by atoms with Gasteiger partial charge in [0.2, 0.25) is 0 Å². The van der Waals surface area contributed by atoms with Crippen LogP contribution in [0.25, 0.3) is 0 Å². The van der Waals surface area contributed by atoms with E-state index in [1.54, 1.807) is 13.2 Å². The molecule has 0 spiro atoms. The summed E-state index contributed by atoms with van der Waals surface area (Å²) in [4.78, 5) is 8.72. The maximum Gasteiger partial charge on any atom is 0.158 e. The fourth-order valence-electron chi connectivity index (χ4n) is 2.23. The molecule has 21 heavy (non-hydrogen) atoms. The summed E-state index contributed by atoms with van der Waals surface area (Å²) < 4.78 is 28.1. The minimum absolute atomic E-state index is 0.0840. The number of hydrogen-bond donors (Lipinski definition) is 2. The van der Waals surface area contributed by atoms with Gasteiger partial charge >= 0.3 is 0 Å². The number of sulfone groups is 1. The highest BCUT2D eigenvalue weighted by Crippen LogP contribution is 2.18. The number of anilines is 2. The minimum atomic E-state index is -2.91. The number of rotatable bonds is 7. The van der Waals surface area contributed by atoms with Crippen LogP contribution in [0.5, 0.6) is 0 Å². The molecule has 2 rings (SSSR count). The first-order chi connectivity index (χ1) is 10.0. The monoisotopic (exact) mass is 314 g/mol. The van der Waals surface area contributed by atoms with Crippen LogP contribution in [0.15, 0.2) is 6.07 Å². The van der Waals surface area contributed by atoms with Crippen molar-refractivity contribution in [2.75, 3.05) is 35.8 Å². The number of nitrogens with one attached hydrogen (secondary N) is 2. The Bertz CT molecular complexity index is 577. The van der Waals surface area contributed by atoms with Gasteiger partial charge in [-0.1, -0.05) is 6.92 Å². The first kappa shape index (κ1) is 16.0. The molecule has 0 aromatic carbocycles. The van der Waals surface area contributed by atoms with E-state index in [1.165, 1.54) is 0 Å². The van der Waals surface area contributed by atoms with E-state index in [1.807, 2.05) is 0 Å². The fourth-order valence-corrected chi connectivity index (χ4v) is 3.90. The second-order valence-electron chi connectivity index (χ2n) is 5.16. The van der Waals surface area contributed by atoms with Crippen molar-refractivity contribution in [2.24, 2.45) is 0 Å². The molecule has 2 N–H and O–H groups in total. The summed E-state index contributed by atoms with van der Waals surface area (Å²) in [5, 5.41) is 6.40. The van der Waals surface area contributed by atoms with Gasteiger partial charge in [0.1, 0.15) is 18.2 Å². The Balaban J connectivity index is 2.11. The molecule has 1 aliphatic rings. The van der Waals surface area contributed by atoms with E-state index in [4.69, 9.17) is 4.74 Å². The fraction of sp³-hybridized carbons (Fsp3) is 0.692. The number of nitrogens with zero attached hydrogens (tertiary/aromatic N) is 2. The maximum absolute atomic E-state index is 11.5. The van der Waals surface area contributed by atoms with Gasteiger partial charge in [-0.25, -0.2) is 18.4 Å². The summed E-state index contributed by atoms with van der Waals surface area (Å²) in [7, 11) is -1.32. The molecule has 0 radical (unpaired) electrons. The summed E-state index contributed by atoms with van der Waals surface area (Å²) >= 11 is 0. The van der Waals surface area contributed by atoms with Crippen LogP contribution in [0, 0.1) is 0 Å². The Morgan fingerprint density at radius 1 is 1.38 bits per heavy atom. The van der Waals surface area contributed by atoms with Crippen LogP contribution < -0.4 is 10.6 Å². The van der Waals surface area contributed by atoms with Gasteiger partial charge in [0.25, 0.3) is 0 Å². The molecule has 1 atom stereocenters. The van der Waals surface area contributed by atoms with Crippen LogP contribution in [0.4, 0.5) is 11.6 Å². The number of aromatic nitrogens is 2. The standard InChI is InChI=1S/C13H22N4O3S/c1-3-5-14-11-7-12(17-13(16-11)8-20-2)15-10-4-6-21(18,19)9-10/h7,10H,3-6,8-9H2,1-2H3,(H2,14,15,16,17). The molecule has 7 nitrogen and oxygen atoms in total. The molecule has 1 fully saturated rings. The average molecular weight is 314 g/mol. The van der Waals surface area contributed by atoms with E-state index >= 15 is 0 Å². The zero-order valence-electron chi connectivity index (χ0n) is 12.4. The van der Waals surface area contributed by atoms with Gasteiger partial charge in [0.15, 0.2) is 15.7 Å². The first-order valence-corrected chi connectivity index (χ1v) is 8.92. The normalized spacial score (nSPS) is 20.4. The van der Waals surface area contributed by atoms with Crippen LogP contribution in [-0.2, 0) is 21.2 Å². The Hall–Kier alpha value is -1.41. The first-order valence-electron chi connectivity index (χ1n) is 7.10. The number of ether oxygens (including phenoxy) is 1. The van der Waals surface area contributed by atoms with Gasteiger partial charge in [-0.15, -0.1) is 0 Å². The summed E-state index contributed by atoms with van der Waals surface area (Å²) in [6, 6.07) is 1.72. The Kier molecular flexibility index (Phi) is 5.35. The lowest BCUT2D eigenvalue weighted by molar-refractivity contribution is 0.178. The third-order valence-corrected chi connectivity index (χ3v) is 4.95. The molecular weight excluding hydrogens is 292 g/mol. The van der Waals surface area contributed by atoms with Gasteiger partial charge < -0.3 is 15.4 Å². The van der Waals surface area contributed by atoms with E-state index in [0.29, 0.717) is 24.7 Å². The number of methoxy groups -OCH3 is 1. The Labute approximate surface area is 125 Å². The lowest BCUT2D eigenvalue weighted by Crippen LogP contribution is -2.22. The van der Waals surface area contributed by atoms with Gasteiger partial charge in [-0.2, -0.15) is 0 Å². The molecule has 118 valence electrons. The van der Waals surface area contributed by atoms with Crippen LogP contribution in [0.2, 0.25) is 0 Å². The smallest absolute Gasteiger partial charge is 0.158 e. The zero-order chi connectivity index (χ0) is 15.3. The predicted molar refractivity (Wildman–Crippen MR) is 82.2 cm³/mol. The topological polar surface area (TPSA) is 93.2 Å². The van der Waals surface area contributed by atoms with E-state index in [9.17, 15) is 8.42 Å². The molecule has 0 aliphatic carbocycles. The van der Waals surface area contributed by atoms with Crippen molar-refractivity contribution in [2.45, 2.75) is 32.4 Å². The van der Waals surface area contributed by atoms with Crippen molar-refractivity contribution in [3.05, 3.63) is 11.9 Å². The lowest BCUT2D eigenvalue weighted by atomic mass is 10.2. The molecule has 0 amide bonds. The second kappa shape index (κ2) is 7.04. The molecule has 1 aromatic rings. The highest BCUT2D eigenvalue weighted by Gasteiger charge is 2.28. The molecular formula is C13H22N4O3S. The maximum atomic E-state index is 11.5. The summed E-state index contributed by atoms with van der Waals surface area (Å²) in [5.41, 5.74) is 0. The van der Waals surface area contributed by atoms with Crippen molar-refractivity contribution in [3.63, 3.8) is 0 Å². The molecule has 1 aliphatic heterocycles. The van der Waals surface area contributed by atoms with Crippen LogP contribution in [0.1, 0.15) is 25.6 Å². The quantitative estimate of drug-likeness (QED) is 0.776. The Morgan fingerprint density at radius 3 is 2.76 bits per heavy atom. The number of hydrogen-bond acceptors (Lipinski definition) is 7. The van der Waals surface area contributed by atoms with Crippen molar-refractivity contribution in [3.8, 4) is 0 Å². The molecule has 1 saturated heterocycles. The molecule has 1 unspecified atom stereocenters. The van der Waals surface area contributed by atoms with E-state index in [0.717, 1.165) is 18.8 Å². The van der Waals surface area contributed by atoms with Crippen LogP contribution in [-0.4, -0.2) is 49.6 Å². The van der Waals surface area contributed by atoms with Crippen molar-refractivity contribution < 1.29 is 13.2 Å². The molecule has 0 saturated carbocycles. The summed E-state index contributed by atoms with van der Waals surface area (Å²) in [5.74, 6) is 2.33. The highest BCUT2D eigenvalue weighted by atomic mass is 32.2. The largest absolute Gasteiger partial charge is 0.377 e. The van der Waals surface area contributed by atoms with Crippen molar-refractivity contribution >= 4 is 21.5 Å².